The Morgan fingerprint density at radius 2 is 2.16 bits per heavy atom. The van der Waals surface area contributed by atoms with Crippen molar-refractivity contribution in [1.82, 2.24) is 0 Å². The zero-order valence-electron chi connectivity index (χ0n) is 11.1. The average molecular weight is 320 g/mol. The van der Waals surface area contributed by atoms with Gasteiger partial charge in [0.05, 0.1) is 5.02 Å². The van der Waals surface area contributed by atoms with Crippen LogP contribution in [0.3, 0.4) is 0 Å². The molecule has 0 aliphatic carbocycles. The van der Waals surface area contributed by atoms with E-state index in [1.54, 1.807) is 6.07 Å². The highest BCUT2D eigenvalue weighted by atomic mass is 35.5. The third-order valence-electron chi connectivity index (χ3n) is 3.51. The van der Waals surface area contributed by atoms with Gasteiger partial charge in [0.25, 0.3) is 0 Å². The first-order valence-corrected chi connectivity index (χ1v) is 8.81. The molecule has 0 aromatic heterocycles. The second kappa shape index (κ2) is 6.70. The molecule has 0 saturated carbocycles. The fraction of sp³-hybridized carbons (Fsp3) is 0.571. The highest BCUT2D eigenvalue weighted by Crippen LogP contribution is 2.37. The summed E-state index contributed by atoms with van der Waals surface area (Å²) >= 11 is 9.63. The van der Waals surface area contributed by atoms with E-state index in [2.05, 4.69) is 13.8 Å². The molecule has 1 fully saturated rings. The molecule has 1 saturated heterocycles. The largest absolute Gasteiger partial charge is 0.326 e. The van der Waals surface area contributed by atoms with Gasteiger partial charge in [0.1, 0.15) is 5.82 Å². The molecule has 1 heterocycles. The van der Waals surface area contributed by atoms with Crippen LogP contribution in [0.4, 0.5) is 4.39 Å². The Hall–Kier alpha value is 0.1000. The van der Waals surface area contributed by atoms with Gasteiger partial charge in [0.2, 0.25) is 0 Å². The van der Waals surface area contributed by atoms with Gasteiger partial charge in [-0.2, -0.15) is 23.5 Å². The van der Waals surface area contributed by atoms with Crippen LogP contribution in [0.5, 0.6) is 0 Å². The van der Waals surface area contributed by atoms with Crippen LogP contribution in [-0.4, -0.2) is 27.5 Å². The fourth-order valence-corrected chi connectivity index (χ4v) is 5.28. The molecule has 2 N–H and O–H groups in total. The van der Waals surface area contributed by atoms with Crippen LogP contribution in [0.15, 0.2) is 18.2 Å². The van der Waals surface area contributed by atoms with Gasteiger partial charge in [0.15, 0.2) is 0 Å². The number of thioether (sulfide) groups is 2. The van der Waals surface area contributed by atoms with Gasteiger partial charge in [-0.1, -0.05) is 31.5 Å². The molecule has 19 heavy (non-hydrogen) atoms. The van der Waals surface area contributed by atoms with E-state index in [0.29, 0.717) is 22.2 Å². The van der Waals surface area contributed by atoms with Crippen molar-refractivity contribution in [3.8, 4) is 0 Å². The van der Waals surface area contributed by atoms with Crippen LogP contribution in [0, 0.1) is 5.82 Å². The predicted octanol–water partition coefficient (Wildman–Crippen LogP) is 3.97. The number of benzene rings is 1. The molecule has 1 aliphatic rings. The first-order chi connectivity index (χ1) is 8.97. The molecular formula is C14H19ClFNS2. The molecule has 0 amide bonds. The monoisotopic (exact) mass is 319 g/mol. The molecule has 0 radical (unpaired) electrons. The number of nitrogens with two attached hydrogens (primary N) is 1. The Morgan fingerprint density at radius 3 is 2.79 bits per heavy atom. The first-order valence-electron chi connectivity index (χ1n) is 6.44. The highest BCUT2D eigenvalue weighted by Gasteiger charge is 2.29. The number of hydrogen-bond donors (Lipinski definition) is 1. The maximum Gasteiger partial charge on any atom is 0.142 e. The minimum Gasteiger partial charge on any atom is -0.326 e. The van der Waals surface area contributed by atoms with Gasteiger partial charge in [-0.3, -0.25) is 0 Å². The van der Waals surface area contributed by atoms with Crippen molar-refractivity contribution < 1.29 is 4.39 Å². The first kappa shape index (κ1) is 15.5. The summed E-state index contributed by atoms with van der Waals surface area (Å²) in [7, 11) is 0. The maximum absolute atomic E-state index is 13.4. The second-order valence-electron chi connectivity index (χ2n) is 5.03. The topological polar surface area (TPSA) is 26.0 Å². The summed E-state index contributed by atoms with van der Waals surface area (Å²) in [5, 5.41) is 1.91. The van der Waals surface area contributed by atoms with Crippen molar-refractivity contribution in [3.63, 3.8) is 0 Å². The minimum absolute atomic E-state index is 0.0630. The Labute approximate surface area is 127 Å². The van der Waals surface area contributed by atoms with E-state index < -0.39 is 0 Å². The molecule has 2 rings (SSSR count). The second-order valence-corrected chi connectivity index (χ2v) is 8.47. The normalized spacial score (nSPS) is 29.2. The lowest BCUT2D eigenvalue weighted by Gasteiger charge is -2.34. The molecule has 0 bridgehead atoms. The van der Waals surface area contributed by atoms with E-state index >= 15 is 0 Å². The molecule has 1 aromatic carbocycles. The third kappa shape index (κ3) is 4.03. The lowest BCUT2D eigenvalue weighted by Crippen LogP contribution is -2.41. The van der Waals surface area contributed by atoms with Crippen LogP contribution in [0.25, 0.3) is 0 Å². The Balaban J connectivity index is 1.97. The van der Waals surface area contributed by atoms with Crippen LogP contribution in [0.1, 0.15) is 19.4 Å². The lowest BCUT2D eigenvalue weighted by molar-refractivity contribution is 0.617. The van der Waals surface area contributed by atoms with Crippen LogP contribution < -0.4 is 5.73 Å². The number of rotatable bonds is 3. The average Bonchev–Trinajstić information content (AvgIpc) is 2.37. The van der Waals surface area contributed by atoms with Gasteiger partial charge < -0.3 is 5.73 Å². The Morgan fingerprint density at radius 1 is 1.42 bits per heavy atom. The smallest absolute Gasteiger partial charge is 0.142 e. The molecule has 0 spiro atoms. The van der Waals surface area contributed by atoms with Crippen molar-refractivity contribution in [2.24, 2.45) is 5.73 Å². The van der Waals surface area contributed by atoms with Crippen molar-refractivity contribution in [1.29, 1.82) is 0 Å². The fourth-order valence-electron chi connectivity index (χ4n) is 2.10. The predicted molar refractivity (Wildman–Crippen MR) is 85.9 cm³/mol. The third-order valence-corrected chi connectivity index (χ3v) is 7.39. The minimum atomic E-state index is -0.362. The molecule has 4 unspecified atom stereocenters. The highest BCUT2D eigenvalue weighted by molar-refractivity contribution is 8.07. The number of hydrogen-bond acceptors (Lipinski definition) is 3. The molecule has 1 nitrogen and oxygen atoms in total. The summed E-state index contributed by atoms with van der Waals surface area (Å²) in [6.45, 7) is 4.52. The van der Waals surface area contributed by atoms with E-state index in [1.807, 2.05) is 29.6 Å². The van der Waals surface area contributed by atoms with Crippen molar-refractivity contribution in [2.75, 3.05) is 5.75 Å². The zero-order valence-corrected chi connectivity index (χ0v) is 13.5. The molecular weight excluding hydrogens is 301 g/mol. The summed E-state index contributed by atoms with van der Waals surface area (Å²) < 4.78 is 13.4. The van der Waals surface area contributed by atoms with Crippen LogP contribution in [-0.2, 0) is 6.42 Å². The van der Waals surface area contributed by atoms with Crippen LogP contribution in [0.2, 0.25) is 5.02 Å². The number of halogens is 2. The summed E-state index contributed by atoms with van der Waals surface area (Å²) in [5.74, 6) is 0.715. The van der Waals surface area contributed by atoms with E-state index in [1.165, 1.54) is 6.07 Å². The molecule has 1 aromatic rings. The molecule has 1 aliphatic heterocycles. The van der Waals surface area contributed by atoms with E-state index in [9.17, 15) is 4.39 Å². The Kier molecular flexibility index (Phi) is 5.46. The van der Waals surface area contributed by atoms with Gasteiger partial charge in [-0.15, -0.1) is 0 Å². The van der Waals surface area contributed by atoms with Crippen molar-refractivity contribution in [2.45, 2.75) is 42.1 Å². The van der Waals surface area contributed by atoms with Gasteiger partial charge in [-0.05, 0) is 24.1 Å². The van der Waals surface area contributed by atoms with E-state index in [-0.39, 0.29) is 16.9 Å². The van der Waals surface area contributed by atoms with Crippen LogP contribution >= 0.6 is 35.1 Å². The molecule has 4 atom stereocenters. The van der Waals surface area contributed by atoms with E-state index in [4.69, 9.17) is 17.3 Å². The Bertz CT molecular complexity index is 443. The van der Waals surface area contributed by atoms with Crippen molar-refractivity contribution in [3.05, 3.63) is 34.6 Å². The lowest BCUT2D eigenvalue weighted by atomic mass is 10.0. The van der Waals surface area contributed by atoms with Crippen molar-refractivity contribution >= 4 is 35.1 Å². The quantitative estimate of drug-likeness (QED) is 0.912. The maximum atomic E-state index is 13.4. The summed E-state index contributed by atoms with van der Waals surface area (Å²) in [6, 6.07) is 5.02. The van der Waals surface area contributed by atoms with Gasteiger partial charge >= 0.3 is 0 Å². The van der Waals surface area contributed by atoms with Gasteiger partial charge in [0, 0.05) is 27.5 Å². The summed E-state index contributed by atoms with van der Waals surface area (Å²) in [5.41, 5.74) is 7.21. The summed E-state index contributed by atoms with van der Waals surface area (Å²) in [6.07, 6.45) is 0.702. The summed E-state index contributed by atoms with van der Waals surface area (Å²) in [4.78, 5) is 0. The standard InChI is InChI=1S/C14H19ClFNS2/c1-8-9(2)19-14(7-18-8)13(17)6-10-3-4-11(15)12(16)5-10/h3-5,8-9,13-14H,6-7,17H2,1-2H3. The zero-order chi connectivity index (χ0) is 14.0. The van der Waals surface area contributed by atoms with Gasteiger partial charge in [-0.25, -0.2) is 4.39 Å². The molecule has 5 heteroatoms. The SMILES string of the molecule is CC1SCC(C(N)Cc2ccc(Cl)c(F)c2)SC1C. The van der Waals surface area contributed by atoms with E-state index in [0.717, 1.165) is 11.3 Å². The molecule has 106 valence electrons.